The van der Waals surface area contributed by atoms with Gasteiger partial charge in [-0.05, 0) is 31.5 Å². The molecule has 1 fully saturated rings. The van der Waals surface area contributed by atoms with E-state index in [9.17, 15) is 4.39 Å². The van der Waals surface area contributed by atoms with Gasteiger partial charge in [-0.15, -0.1) is 0 Å². The van der Waals surface area contributed by atoms with Gasteiger partial charge < -0.3 is 15.4 Å². The molecular weight excluding hydrogens is 295 g/mol. The first-order valence-corrected chi connectivity index (χ1v) is 8.34. The second-order valence-electron chi connectivity index (χ2n) is 5.47. The third kappa shape index (κ3) is 5.48. The highest BCUT2D eigenvalue weighted by Crippen LogP contribution is 2.23. The van der Waals surface area contributed by atoms with Gasteiger partial charge >= 0.3 is 0 Å². The number of guanidine groups is 1. The highest BCUT2D eigenvalue weighted by atomic mass is 19.1. The van der Waals surface area contributed by atoms with E-state index in [-0.39, 0.29) is 11.9 Å². The summed E-state index contributed by atoms with van der Waals surface area (Å²) in [7, 11) is 0. The van der Waals surface area contributed by atoms with Gasteiger partial charge in [0, 0.05) is 26.2 Å². The summed E-state index contributed by atoms with van der Waals surface area (Å²) in [5, 5.41) is 6.45. The van der Waals surface area contributed by atoms with E-state index in [0.29, 0.717) is 19.8 Å². The molecule has 0 radical (unpaired) electrons. The Labute approximate surface area is 137 Å². The van der Waals surface area contributed by atoms with Crippen molar-refractivity contribution in [2.24, 2.45) is 4.99 Å². The van der Waals surface area contributed by atoms with E-state index in [0.717, 1.165) is 37.7 Å². The predicted octanol–water partition coefficient (Wildman–Crippen LogP) is 1.77. The molecule has 1 heterocycles. The molecule has 1 aromatic carbocycles. The fraction of sp³-hybridized carbons (Fsp3) is 0.588. The molecule has 5 nitrogen and oxygen atoms in total. The largest absolute Gasteiger partial charge is 0.379 e. The number of rotatable bonds is 6. The van der Waals surface area contributed by atoms with Gasteiger partial charge in [0.15, 0.2) is 5.96 Å². The summed E-state index contributed by atoms with van der Waals surface area (Å²) < 4.78 is 19.1. The summed E-state index contributed by atoms with van der Waals surface area (Å²) in [6.07, 6.45) is 0. The van der Waals surface area contributed by atoms with Crippen molar-refractivity contribution >= 4 is 5.96 Å². The van der Waals surface area contributed by atoms with Crippen molar-refractivity contribution in [3.63, 3.8) is 0 Å². The minimum absolute atomic E-state index is 0.0573. The lowest BCUT2D eigenvalue weighted by atomic mass is 10.0. The normalized spacial score (nSPS) is 16.7. The molecule has 0 amide bonds. The van der Waals surface area contributed by atoms with Crippen molar-refractivity contribution in [3.05, 3.63) is 35.6 Å². The van der Waals surface area contributed by atoms with E-state index in [2.05, 4.69) is 20.5 Å². The second-order valence-corrected chi connectivity index (χ2v) is 5.47. The van der Waals surface area contributed by atoms with Crippen LogP contribution in [-0.2, 0) is 4.74 Å². The first-order chi connectivity index (χ1) is 11.2. The van der Waals surface area contributed by atoms with Crippen molar-refractivity contribution in [1.82, 2.24) is 15.5 Å². The van der Waals surface area contributed by atoms with E-state index in [1.54, 1.807) is 12.1 Å². The van der Waals surface area contributed by atoms with Gasteiger partial charge in [-0.2, -0.15) is 0 Å². The van der Waals surface area contributed by atoms with E-state index >= 15 is 0 Å². The van der Waals surface area contributed by atoms with Gasteiger partial charge in [0.2, 0.25) is 0 Å². The van der Waals surface area contributed by atoms with Crippen molar-refractivity contribution in [2.75, 3.05) is 45.9 Å². The summed E-state index contributed by atoms with van der Waals surface area (Å²) in [5.41, 5.74) is 0.961. The standard InChI is InChI=1S/C17H27FN4O/c1-3-19-17(20-4-2)21-13-16(22-8-10-23-11-9-22)14-6-5-7-15(18)12-14/h5-7,12,16H,3-4,8-11,13H2,1-2H3,(H2,19,20,21)/t16-/m0/s1. The molecular formula is C17H27FN4O. The molecule has 6 heteroatoms. The molecule has 1 aromatic rings. The lowest BCUT2D eigenvalue weighted by Crippen LogP contribution is -2.41. The zero-order valence-corrected chi connectivity index (χ0v) is 14.0. The van der Waals surface area contributed by atoms with Crippen LogP contribution in [0.1, 0.15) is 25.5 Å². The van der Waals surface area contributed by atoms with Crippen molar-refractivity contribution in [3.8, 4) is 0 Å². The Morgan fingerprint density at radius 2 is 1.96 bits per heavy atom. The Kier molecular flexibility index (Phi) is 7.29. The SMILES string of the molecule is CCNC(=NC[C@@H](c1cccc(F)c1)N1CCOCC1)NCC. The van der Waals surface area contributed by atoms with Crippen LogP contribution in [0.5, 0.6) is 0 Å². The molecule has 1 aliphatic rings. The van der Waals surface area contributed by atoms with Gasteiger partial charge in [0.25, 0.3) is 0 Å². The van der Waals surface area contributed by atoms with Gasteiger partial charge in [-0.25, -0.2) is 4.39 Å². The molecule has 0 bridgehead atoms. The van der Waals surface area contributed by atoms with E-state index < -0.39 is 0 Å². The molecule has 0 spiro atoms. The molecule has 23 heavy (non-hydrogen) atoms. The summed E-state index contributed by atoms with van der Waals surface area (Å²) in [4.78, 5) is 6.99. The molecule has 2 rings (SSSR count). The van der Waals surface area contributed by atoms with Crippen LogP contribution in [0.15, 0.2) is 29.3 Å². The van der Waals surface area contributed by atoms with Crippen LogP contribution in [0.4, 0.5) is 4.39 Å². The maximum Gasteiger partial charge on any atom is 0.191 e. The monoisotopic (exact) mass is 322 g/mol. The minimum atomic E-state index is -0.205. The average molecular weight is 322 g/mol. The Morgan fingerprint density at radius 3 is 2.57 bits per heavy atom. The van der Waals surface area contributed by atoms with E-state index in [4.69, 9.17) is 4.74 Å². The smallest absolute Gasteiger partial charge is 0.191 e. The maximum atomic E-state index is 13.6. The third-order valence-corrected chi connectivity index (χ3v) is 3.83. The molecule has 0 unspecified atom stereocenters. The van der Waals surface area contributed by atoms with Gasteiger partial charge in [-0.1, -0.05) is 12.1 Å². The van der Waals surface area contributed by atoms with Crippen molar-refractivity contribution in [1.29, 1.82) is 0 Å². The lowest BCUT2D eigenvalue weighted by Gasteiger charge is -2.34. The van der Waals surface area contributed by atoms with Crippen molar-refractivity contribution < 1.29 is 9.13 Å². The molecule has 128 valence electrons. The second kappa shape index (κ2) is 9.47. The van der Waals surface area contributed by atoms with E-state index in [1.165, 1.54) is 6.07 Å². The van der Waals surface area contributed by atoms with Crippen LogP contribution in [0.3, 0.4) is 0 Å². The van der Waals surface area contributed by atoms with Crippen LogP contribution < -0.4 is 10.6 Å². The minimum Gasteiger partial charge on any atom is -0.379 e. The van der Waals surface area contributed by atoms with Gasteiger partial charge in [0.05, 0.1) is 25.8 Å². The number of hydrogen-bond donors (Lipinski definition) is 2. The zero-order valence-electron chi connectivity index (χ0n) is 14.0. The number of nitrogens with zero attached hydrogens (tertiary/aromatic N) is 2. The zero-order chi connectivity index (χ0) is 16.5. The highest BCUT2D eigenvalue weighted by molar-refractivity contribution is 5.79. The number of ether oxygens (including phenoxy) is 1. The van der Waals surface area contributed by atoms with Gasteiger partial charge in [-0.3, -0.25) is 9.89 Å². The van der Waals surface area contributed by atoms with Crippen LogP contribution in [0, 0.1) is 5.82 Å². The summed E-state index contributed by atoms with van der Waals surface area (Å²) >= 11 is 0. The molecule has 1 saturated heterocycles. The fourth-order valence-electron chi connectivity index (χ4n) is 2.72. The molecule has 1 atom stereocenters. The van der Waals surface area contributed by atoms with Crippen LogP contribution in [0.2, 0.25) is 0 Å². The Morgan fingerprint density at radius 1 is 1.26 bits per heavy atom. The molecule has 1 aliphatic heterocycles. The average Bonchev–Trinajstić information content (AvgIpc) is 2.56. The maximum absolute atomic E-state index is 13.6. The van der Waals surface area contributed by atoms with Crippen molar-refractivity contribution in [2.45, 2.75) is 19.9 Å². The molecule has 0 aromatic heterocycles. The number of benzene rings is 1. The first kappa shape index (κ1) is 17.7. The number of hydrogen-bond acceptors (Lipinski definition) is 3. The predicted molar refractivity (Wildman–Crippen MR) is 91.2 cm³/mol. The summed E-state index contributed by atoms with van der Waals surface area (Å²) in [6.45, 7) is 9.40. The van der Waals surface area contributed by atoms with Crippen LogP contribution >= 0.6 is 0 Å². The molecule has 2 N–H and O–H groups in total. The van der Waals surface area contributed by atoms with Gasteiger partial charge in [0.1, 0.15) is 5.82 Å². The molecule has 0 aliphatic carbocycles. The fourth-order valence-corrected chi connectivity index (χ4v) is 2.72. The summed E-state index contributed by atoms with van der Waals surface area (Å²) in [5.74, 6) is 0.591. The lowest BCUT2D eigenvalue weighted by molar-refractivity contribution is 0.0179. The highest BCUT2D eigenvalue weighted by Gasteiger charge is 2.22. The third-order valence-electron chi connectivity index (χ3n) is 3.83. The number of halogens is 1. The number of nitrogens with one attached hydrogen (secondary N) is 2. The molecule has 0 saturated carbocycles. The van der Waals surface area contributed by atoms with E-state index in [1.807, 2.05) is 19.9 Å². The van der Waals surface area contributed by atoms with Crippen LogP contribution in [0.25, 0.3) is 0 Å². The Balaban J connectivity index is 2.17. The quantitative estimate of drug-likeness (QED) is 0.619. The Hall–Kier alpha value is -1.66. The number of aliphatic imine (C=N–C) groups is 1. The Bertz CT molecular complexity index is 495. The first-order valence-electron chi connectivity index (χ1n) is 8.34. The summed E-state index contributed by atoms with van der Waals surface area (Å²) in [6, 6.07) is 6.87. The topological polar surface area (TPSA) is 48.9 Å². The van der Waals surface area contributed by atoms with Crippen LogP contribution in [-0.4, -0.2) is 56.8 Å². The number of morpholine rings is 1.